The molecule has 0 bridgehead atoms. The summed E-state index contributed by atoms with van der Waals surface area (Å²) in [7, 11) is -4.44. The Bertz CT molecular complexity index is 1090. The molecule has 2 fully saturated rings. The van der Waals surface area contributed by atoms with Crippen molar-refractivity contribution in [2.75, 3.05) is 32.8 Å². The summed E-state index contributed by atoms with van der Waals surface area (Å²) < 4.78 is 62.5. The number of rotatable bonds is 7. The number of sulfonamides is 1. The second kappa shape index (κ2) is 10.4. The zero-order valence-corrected chi connectivity index (χ0v) is 19.9. The number of carbonyl (C=O) groups is 1. The van der Waals surface area contributed by atoms with Crippen molar-refractivity contribution in [3.63, 3.8) is 0 Å². The Morgan fingerprint density at radius 3 is 2.26 bits per heavy atom. The lowest BCUT2D eigenvalue weighted by Gasteiger charge is -2.42. The Morgan fingerprint density at radius 2 is 1.59 bits per heavy atom. The molecular formula is C25H30F2N2O4S. The first kappa shape index (κ1) is 24.6. The van der Waals surface area contributed by atoms with Gasteiger partial charge in [0.2, 0.25) is 15.9 Å². The maximum absolute atomic E-state index is 14.4. The number of ether oxygens (including phenoxy) is 1. The van der Waals surface area contributed by atoms with Crippen LogP contribution >= 0.6 is 0 Å². The molecule has 34 heavy (non-hydrogen) atoms. The summed E-state index contributed by atoms with van der Waals surface area (Å²) in [5.74, 6) is -1.66. The van der Waals surface area contributed by atoms with E-state index in [-0.39, 0.29) is 32.0 Å². The van der Waals surface area contributed by atoms with Gasteiger partial charge in [-0.2, -0.15) is 4.31 Å². The highest BCUT2D eigenvalue weighted by molar-refractivity contribution is 7.89. The molecule has 6 nitrogen and oxygen atoms in total. The van der Waals surface area contributed by atoms with Gasteiger partial charge in [-0.3, -0.25) is 4.79 Å². The molecule has 184 valence electrons. The van der Waals surface area contributed by atoms with Crippen molar-refractivity contribution in [3.05, 3.63) is 60.2 Å². The van der Waals surface area contributed by atoms with E-state index in [2.05, 4.69) is 0 Å². The predicted octanol–water partition coefficient (Wildman–Crippen LogP) is 4.22. The van der Waals surface area contributed by atoms with Crippen molar-refractivity contribution >= 4 is 15.9 Å². The number of piperidine rings is 2. The van der Waals surface area contributed by atoms with Gasteiger partial charge in [0.15, 0.2) is 4.90 Å². The zero-order valence-electron chi connectivity index (χ0n) is 19.1. The fraction of sp³-hybridized carbons (Fsp3) is 0.480. The van der Waals surface area contributed by atoms with Crippen molar-refractivity contribution in [3.8, 4) is 5.75 Å². The van der Waals surface area contributed by atoms with E-state index in [0.29, 0.717) is 31.7 Å². The lowest BCUT2D eigenvalue weighted by Crippen LogP contribution is -2.51. The van der Waals surface area contributed by atoms with Crippen LogP contribution in [-0.4, -0.2) is 56.3 Å². The minimum Gasteiger partial charge on any atom is -0.493 e. The lowest BCUT2D eigenvalue weighted by atomic mass is 9.78. The number of carbonyl (C=O) groups excluding carboxylic acids is 1. The number of para-hydroxylation sites is 1. The Morgan fingerprint density at radius 1 is 0.912 bits per heavy atom. The zero-order chi connectivity index (χ0) is 24.2. The van der Waals surface area contributed by atoms with Crippen LogP contribution in [0.5, 0.6) is 5.75 Å². The molecule has 2 aliphatic rings. The van der Waals surface area contributed by atoms with E-state index in [9.17, 15) is 22.0 Å². The van der Waals surface area contributed by atoms with E-state index < -0.39 is 32.0 Å². The maximum Gasteiger partial charge on any atom is 0.248 e. The van der Waals surface area contributed by atoms with E-state index in [1.807, 2.05) is 23.1 Å². The Hall–Kier alpha value is -2.52. The van der Waals surface area contributed by atoms with Crippen LogP contribution in [0.25, 0.3) is 0 Å². The molecule has 1 atom stereocenters. The molecule has 0 N–H and O–H groups in total. The summed E-state index contributed by atoms with van der Waals surface area (Å²) in [5.41, 5.74) is -0.808. The van der Waals surface area contributed by atoms with Crippen LogP contribution in [0.2, 0.25) is 0 Å². The number of nitrogens with zero attached hydrogens (tertiary/aromatic N) is 2. The number of benzene rings is 2. The molecule has 2 aliphatic heterocycles. The monoisotopic (exact) mass is 492 g/mol. The van der Waals surface area contributed by atoms with Crippen molar-refractivity contribution in [1.29, 1.82) is 0 Å². The fourth-order valence-corrected chi connectivity index (χ4v) is 6.57. The number of hydrogen-bond acceptors (Lipinski definition) is 4. The molecule has 1 unspecified atom stereocenters. The van der Waals surface area contributed by atoms with Gasteiger partial charge in [0.05, 0.1) is 6.61 Å². The molecule has 0 radical (unpaired) electrons. The first-order valence-electron chi connectivity index (χ1n) is 11.7. The number of amides is 1. The molecular weight excluding hydrogens is 462 g/mol. The van der Waals surface area contributed by atoms with Crippen LogP contribution in [0.15, 0.2) is 53.4 Å². The SMILES string of the molecule is O=C(CC1(COc2ccccc2)CCCN(S(=O)(=O)c2c(F)cccc2F)C1)N1CCCCC1. The number of hydrogen-bond donors (Lipinski definition) is 0. The molecule has 2 heterocycles. The van der Waals surface area contributed by atoms with Crippen LogP contribution in [0, 0.1) is 17.0 Å². The highest BCUT2D eigenvalue weighted by Gasteiger charge is 2.44. The number of halogens is 2. The van der Waals surface area contributed by atoms with E-state index in [1.165, 1.54) is 0 Å². The van der Waals surface area contributed by atoms with Gasteiger partial charge in [-0.15, -0.1) is 0 Å². The van der Waals surface area contributed by atoms with Gasteiger partial charge in [-0.05, 0) is 56.4 Å². The summed E-state index contributed by atoms with van der Waals surface area (Å²) >= 11 is 0. The van der Waals surface area contributed by atoms with Crippen LogP contribution < -0.4 is 4.74 Å². The second-order valence-electron chi connectivity index (χ2n) is 9.21. The quantitative estimate of drug-likeness (QED) is 0.581. The van der Waals surface area contributed by atoms with Gasteiger partial charge >= 0.3 is 0 Å². The van der Waals surface area contributed by atoms with Gasteiger partial charge < -0.3 is 9.64 Å². The van der Waals surface area contributed by atoms with Gasteiger partial charge in [-0.1, -0.05) is 24.3 Å². The minimum atomic E-state index is -4.44. The highest BCUT2D eigenvalue weighted by atomic mass is 32.2. The second-order valence-corrected chi connectivity index (χ2v) is 11.1. The predicted molar refractivity (Wildman–Crippen MR) is 124 cm³/mol. The fourth-order valence-electron chi connectivity index (χ4n) is 4.87. The van der Waals surface area contributed by atoms with Gasteiger partial charge in [0.25, 0.3) is 0 Å². The largest absolute Gasteiger partial charge is 0.493 e. The summed E-state index contributed by atoms with van der Waals surface area (Å²) in [5, 5.41) is 0. The van der Waals surface area contributed by atoms with Crippen LogP contribution in [-0.2, 0) is 14.8 Å². The molecule has 0 aromatic heterocycles. The van der Waals surface area contributed by atoms with E-state index in [4.69, 9.17) is 4.74 Å². The van der Waals surface area contributed by atoms with Crippen molar-refractivity contribution < 1.29 is 26.7 Å². The number of likely N-dealkylation sites (tertiary alicyclic amines) is 1. The Balaban J connectivity index is 1.61. The van der Waals surface area contributed by atoms with Crippen LogP contribution in [0.3, 0.4) is 0 Å². The van der Waals surface area contributed by atoms with Crippen molar-refractivity contribution in [2.45, 2.75) is 43.4 Å². The minimum absolute atomic E-state index is 0.0346. The third kappa shape index (κ3) is 5.41. The summed E-state index contributed by atoms with van der Waals surface area (Å²) in [6.45, 7) is 1.59. The average Bonchev–Trinajstić information content (AvgIpc) is 2.84. The smallest absolute Gasteiger partial charge is 0.248 e. The third-order valence-corrected chi connectivity index (χ3v) is 8.56. The molecule has 9 heteroatoms. The maximum atomic E-state index is 14.4. The molecule has 0 saturated carbocycles. The molecule has 0 spiro atoms. The molecule has 0 aliphatic carbocycles. The first-order valence-corrected chi connectivity index (χ1v) is 13.1. The molecule has 2 aromatic rings. The Kier molecular flexibility index (Phi) is 7.52. The van der Waals surface area contributed by atoms with E-state index in [1.54, 1.807) is 12.1 Å². The Labute approximate surface area is 199 Å². The van der Waals surface area contributed by atoms with Gasteiger partial charge in [0, 0.05) is 38.0 Å². The summed E-state index contributed by atoms with van der Waals surface area (Å²) in [6.07, 6.45) is 4.14. The van der Waals surface area contributed by atoms with Crippen molar-refractivity contribution in [1.82, 2.24) is 9.21 Å². The summed E-state index contributed by atoms with van der Waals surface area (Å²) in [4.78, 5) is 14.1. The molecule has 2 aromatic carbocycles. The summed E-state index contributed by atoms with van der Waals surface area (Å²) in [6, 6.07) is 12.1. The van der Waals surface area contributed by atoms with E-state index in [0.717, 1.165) is 41.8 Å². The normalized spacial score (nSPS) is 21.9. The third-order valence-electron chi connectivity index (χ3n) is 6.67. The van der Waals surface area contributed by atoms with Crippen molar-refractivity contribution in [2.24, 2.45) is 5.41 Å². The van der Waals surface area contributed by atoms with Crippen LogP contribution in [0.4, 0.5) is 8.78 Å². The lowest BCUT2D eigenvalue weighted by molar-refractivity contribution is -0.136. The van der Waals surface area contributed by atoms with E-state index >= 15 is 0 Å². The molecule has 4 rings (SSSR count). The van der Waals surface area contributed by atoms with Gasteiger partial charge in [-0.25, -0.2) is 17.2 Å². The first-order chi connectivity index (χ1) is 16.3. The van der Waals surface area contributed by atoms with Gasteiger partial charge in [0.1, 0.15) is 17.4 Å². The highest BCUT2D eigenvalue weighted by Crippen LogP contribution is 2.38. The topological polar surface area (TPSA) is 66.9 Å². The molecule has 2 saturated heterocycles. The van der Waals surface area contributed by atoms with Crippen LogP contribution in [0.1, 0.15) is 38.5 Å². The molecule has 1 amide bonds. The standard InChI is InChI=1S/C25H30F2N2O4S/c26-21-11-7-12-22(27)24(21)34(31,32)29-16-8-13-25(18-29,19-33-20-9-3-1-4-10-20)17-23(30)28-14-5-2-6-15-28/h1,3-4,7,9-12H,2,5-6,8,13-19H2. The average molecular weight is 493 g/mol.